The molecule has 2 heteroatoms. The average molecular weight is 514 g/mol. The molecular formula is C36H51NO. The van der Waals surface area contributed by atoms with Gasteiger partial charge in [-0.1, -0.05) is 101 Å². The molecule has 1 aromatic carbocycles. The number of allylic oxidation sites excluding steroid dienone is 10. The van der Waals surface area contributed by atoms with E-state index in [1.54, 1.807) is 5.57 Å². The molecule has 3 aliphatic rings. The molecule has 38 heavy (non-hydrogen) atoms. The van der Waals surface area contributed by atoms with E-state index in [2.05, 4.69) is 126 Å². The van der Waals surface area contributed by atoms with Gasteiger partial charge in [0.25, 0.3) is 0 Å². The summed E-state index contributed by atoms with van der Waals surface area (Å²) in [5, 5.41) is 0. The van der Waals surface area contributed by atoms with Crippen molar-refractivity contribution in [1.29, 1.82) is 0 Å². The molecule has 0 aliphatic heterocycles. The standard InChI is InChI=1S/C36H51NO/c1-8-12-13-14-25-38-28(6)16-19-31(10-3)27(5)15-21-33(11-4)37(34-22-17-30(9-2)18-23-34)36-24-20-32-26-35(36)29(32)7/h10-11,15-24,27-29,35H,8-9,12-14,25-26H2,1-7H3/b19-16-,21-15-,31-10+,33-11+. The molecule has 1 fully saturated rings. The van der Waals surface area contributed by atoms with Crippen molar-refractivity contribution in [3.8, 4) is 0 Å². The Morgan fingerprint density at radius 2 is 1.74 bits per heavy atom. The first-order valence-corrected chi connectivity index (χ1v) is 15.0. The third-order valence-electron chi connectivity index (χ3n) is 8.26. The minimum atomic E-state index is 0.135. The quantitative estimate of drug-likeness (QED) is 0.171. The van der Waals surface area contributed by atoms with Gasteiger partial charge in [0.15, 0.2) is 0 Å². The van der Waals surface area contributed by atoms with Gasteiger partial charge in [-0.05, 0) is 87.3 Å². The molecule has 0 radical (unpaired) electrons. The predicted octanol–water partition coefficient (Wildman–Crippen LogP) is 10.1. The molecule has 4 atom stereocenters. The van der Waals surface area contributed by atoms with Gasteiger partial charge in [0.05, 0.1) is 6.10 Å². The van der Waals surface area contributed by atoms with Gasteiger partial charge in [-0.25, -0.2) is 0 Å². The highest BCUT2D eigenvalue weighted by molar-refractivity contribution is 5.64. The summed E-state index contributed by atoms with van der Waals surface area (Å²) in [6, 6.07) is 9.11. The lowest BCUT2D eigenvalue weighted by Crippen LogP contribution is -2.38. The van der Waals surface area contributed by atoms with Gasteiger partial charge in [-0.3, -0.25) is 0 Å². The predicted molar refractivity (Wildman–Crippen MR) is 166 cm³/mol. The topological polar surface area (TPSA) is 12.5 Å². The molecule has 4 unspecified atom stereocenters. The number of anilines is 1. The molecule has 0 N–H and O–H groups in total. The van der Waals surface area contributed by atoms with Gasteiger partial charge in [0.2, 0.25) is 0 Å². The van der Waals surface area contributed by atoms with Crippen LogP contribution in [0.2, 0.25) is 0 Å². The van der Waals surface area contributed by atoms with Crippen LogP contribution in [-0.2, 0) is 11.2 Å². The first-order chi connectivity index (χ1) is 18.4. The highest BCUT2D eigenvalue weighted by Crippen LogP contribution is 2.49. The van der Waals surface area contributed by atoms with E-state index in [1.165, 1.54) is 53.9 Å². The fourth-order valence-electron chi connectivity index (χ4n) is 5.44. The monoisotopic (exact) mass is 513 g/mol. The van der Waals surface area contributed by atoms with E-state index in [-0.39, 0.29) is 6.10 Å². The Balaban J connectivity index is 1.74. The van der Waals surface area contributed by atoms with Gasteiger partial charge in [0.1, 0.15) is 0 Å². The average Bonchev–Trinajstić information content (AvgIpc) is 2.95. The van der Waals surface area contributed by atoms with Crippen molar-refractivity contribution in [2.24, 2.45) is 17.8 Å². The molecule has 0 saturated heterocycles. The van der Waals surface area contributed by atoms with Crippen LogP contribution >= 0.6 is 0 Å². The van der Waals surface area contributed by atoms with Crippen LogP contribution in [0, 0.1) is 17.8 Å². The van der Waals surface area contributed by atoms with Gasteiger partial charge in [0, 0.05) is 29.6 Å². The molecule has 0 amide bonds. The van der Waals surface area contributed by atoms with E-state index in [0.717, 1.165) is 19.4 Å². The molecule has 4 rings (SSSR count). The minimum Gasteiger partial charge on any atom is -0.374 e. The van der Waals surface area contributed by atoms with Crippen LogP contribution in [0.15, 0.2) is 95.4 Å². The Morgan fingerprint density at radius 3 is 2.34 bits per heavy atom. The fourth-order valence-corrected chi connectivity index (χ4v) is 5.44. The lowest BCUT2D eigenvalue weighted by Gasteiger charge is -2.46. The second kappa shape index (κ2) is 15.1. The summed E-state index contributed by atoms with van der Waals surface area (Å²) in [7, 11) is 0. The first kappa shape index (κ1) is 30.0. The zero-order chi connectivity index (χ0) is 27.5. The molecule has 3 aliphatic carbocycles. The molecule has 206 valence electrons. The summed E-state index contributed by atoms with van der Waals surface area (Å²) in [6.45, 7) is 16.4. The highest BCUT2D eigenvalue weighted by atomic mass is 16.5. The van der Waals surface area contributed by atoms with Crippen LogP contribution in [0.5, 0.6) is 0 Å². The maximum Gasteiger partial charge on any atom is 0.0730 e. The maximum atomic E-state index is 6.01. The third-order valence-corrected chi connectivity index (χ3v) is 8.26. The molecule has 0 heterocycles. The summed E-state index contributed by atoms with van der Waals surface area (Å²) in [4.78, 5) is 2.48. The van der Waals surface area contributed by atoms with Crippen LogP contribution in [0.4, 0.5) is 5.69 Å². The number of aryl methyl sites for hydroxylation is 1. The number of ether oxygens (including phenoxy) is 1. The summed E-state index contributed by atoms with van der Waals surface area (Å²) < 4.78 is 6.01. The van der Waals surface area contributed by atoms with Crippen molar-refractivity contribution in [1.82, 2.24) is 0 Å². The molecule has 0 aromatic heterocycles. The van der Waals surface area contributed by atoms with Crippen molar-refractivity contribution in [2.45, 2.75) is 93.1 Å². The molecule has 1 aromatic rings. The summed E-state index contributed by atoms with van der Waals surface area (Å²) >= 11 is 0. The summed E-state index contributed by atoms with van der Waals surface area (Å²) in [5.41, 5.74) is 8.17. The Bertz CT molecular complexity index is 1070. The number of rotatable bonds is 15. The van der Waals surface area contributed by atoms with Gasteiger partial charge in [-0.2, -0.15) is 0 Å². The number of benzene rings is 1. The van der Waals surface area contributed by atoms with Crippen molar-refractivity contribution < 1.29 is 4.74 Å². The SMILES string of the molecule is C/C=C(\C=C/C(C)OCCCCCC)C(C)/C=C\C(=C/C)N(C1=CC=C2CC1C2C)c1ccc(CC)cc1. The number of hydrogen-bond acceptors (Lipinski definition) is 2. The highest BCUT2D eigenvalue weighted by Gasteiger charge is 2.39. The Hall–Kier alpha value is -2.58. The van der Waals surface area contributed by atoms with Gasteiger partial charge in [-0.15, -0.1) is 0 Å². The number of unbranched alkanes of at least 4 members (excludes halogenated alkanes) is 3. The summed E-state index contributed by atoms with van der Waals surface area (Å²) in [5.74, 6) is 1.55. The first-order valence-electron chi connectivity index (χ1n) is 15.0. The Labute approximate surface area is 233 Å². The van der Waals surface area contributed by atoms with E-state index < -0.39 is 0 Å². The fraction of sp³-hybridized carbons (Fsp3) is 0.500. The molecule has 2 bridgehead atoms. The number of hydrogen-bond donors (Lipinski definition) is 0. The maximum absolute atomic E-state index is 6.01. The van der Waals surface area contributed by atoms with Crippen molar-refractivity contribution >= 4 is 5.69 Å². The van der Waals surface area contributed by atoms with Crippen molar-refractivity contribution in [3.05, 3.63) is 101 Å². The second-order valence-corrected chi connectivity index (χ2v) is 10.9. The molecule has 2 nitrogen and oxygen atoms in total. The number of fused-ring (bicyclic) bond motifs is 1. The van der Waals surface area contributed by atoms with Crippen LogP contribution < -0.4 is 4.90 Å². The smallest absolute Gasteiger partial charge is 0.0730 e. The minimum absolute atomic E-state index is 0.135. The largest absolute Gasteiger partial charge is 0.374 e. The zero-order valence-electron chi connectivity index (χ0n) is 25.0. The van der Waals surface area contributed by atoms with E-state index in [4.69, 9.17) is 4.74 Å². The Kier molecular flexibility index (Phi) is 11.9. The van der Waals surface area contributed by atoms with E-state index in [1.807, 2.05) is 0 Å². The third kappa shape index (κ3) is 7.73. The molecule has 1 saturated carbocycles. The van der Waals surface area contributed by atoms with Gasteiger partial charge >= 0.3 is 0 Å². The molecule has 0 spiro atoms. The lowest BCUT2D eigenvalue weighted by atomic mass is 9.65. The normalized spacial score (nSPS) is 21.3. The van der Waals surface area contributed by atoms with E-state index in [9.17, 15) is 0 Å². The second-order valence-electron chi connectivity index (χ2n) is 10.9. The van der Waals surface area contributed by atoms with Crippen LogP contribution in [0.3, 0.4) is 0 Å². The zero-order valence-corrected chi connectivity index (χ0v) is 25.0. The van der Waals surface area contributed by atoms with Crippen LogP contribution in [-0.4, -0.2) is 12.7 Å². The summed E-state index contributed by atoms with van der Waals surface area (Å²) in [6.07, 6.45) is 25.6. The van der Waals surface area contributed by atoms with E-state index in [0.29, 0.717) is 17.8 Å². The van der Waals surface area contributed by atoms with E-state index >= 15 is 0 Å². The van der Waals surface area contributed by atoms with Crippen LogP contribution in [0.1, 0.15) is 86.1 Å². The lowest BCUT2D eigenvalue weighted by molar-refractivity contribution is 0.0939. The molecular weight excluding hydrogens is 462 g/mol. The van der Waals surface area contributed by atoms with Crippen molar-refractivity contribution in [2.75, 3.05) is 11.5 Å². The van der Waals surface area contributed by atoms with Crippen molar-refractivity contribution in [3.63, 3.8) is 0 Å². The Morgan fingerprint density at radius 1 is 0.974 bits per heavy atom. The van der Waals surface area contributed by atoms with Crippen LogP contribution in [0.25, 0.3) is 0 Å². The number of nitrogens with zero attached hydrogens (tertiary/aromatic N) is 1. The van der Waals surface area contributed by atoms with Gasteiger partial charge < -0.3 is 9.64 Å².